The third kappa shape index (κ3) is 5.38. The molecule has 0 saturated carbocycles. The zero-order chi connectivity index (χ0) is 28.3. The lowest BCUT2D eigenvalue weighted by atomic mass is 10.1. The van der Waals surface area contributed by atoms with Gasteiger partial charge in [0.2, 0.25) is 11.6 Å². The molecule has 41 heavy (non-hydrogen) atoms. The average Bonchev–Trinajstić information content (AvgIpc) is 3.77. The molecule has 0 radical (unpaired) electrons. The van der Waals surface area contributed by atoms with Crippen LogP contribution in [0.1, 0.15) is 21.9 Å². The Morgan fingerprint density at radius 2 is 2.00 bits per heavy atom. The highest BCUT2D eigenvalue weighted by Crippen LogP contribution is 2.32. The van der Waals surface area contributed by atoms with Crippen molar-refractivity contribution in [2.45, 2.75) is 10.1 Å². The second-order valence-corrected chi connectivity index (χ2v) is 10.5. The molecule has 0 spiro atoms. The minimum Gasteiger partial charge on any atom is -0.455 e. The van der Waals surface area contributed by atoms with Gasteiger partial charge in [-0.3, -0.25) is 14.9 Å². The monoisotopic (exact) mass is 588 g/mol. The van der Waals surface area contributed by atoms with Crippen LogP contribution in [-0.2, 0) is 5.75 Å². The summed E-state index contributed by atoms with van der Waals surface area (Å²) in [5.74, 6) is 0.508. The first-order chi connectivity index (χ1) is 20.0. The molecule has 0 aliphatic carbocycles. The molecule has 4 heterocycles. The molecule has 6 aromatic rings. The third-order valence-corrected chi connectivity index (χ3v) is 7.82. The lowest BCUT2D eigenvalue weighted by molar-refractivity contribution is -0.384. The van der Waals surface area contributed by atoms with Crippen LogP contribution >= 0.6 is 23.1 Å². The molecule has 0 bridgehead atoms. The number of nitrogens with zero attached hydrogens (tertiary/aromatic N) is 8. The Hall–Kier alpha value is -5.42. The normalized spacial score (nSPS) is 11.4. The van der Waals surface area contributed by atoms with E-state index in [0.717, 1.165) is 14.6 Å². The topological polar surface area (TPSA) is 206 Å². The smallest absolute Gasteiger partial charge is 0.293 e. The fraction of sp³-hybridized carbons (Fsp3) is 0.0417. The summed E-state index contributed by atoms with van der Waals surface area (Å²) in [6.07, 6.45) is 1.31. The van der Waals surface area contributed by atoms with Crippen molar-refractivity contribution < 1.29 is 18.8 Å². The summed E-state index contributed by atoms with van der Waals surface area (Å²) >= 11 is 2.91. The van der Waals surface area contributed by atoms with Gasteiger partial charge in [0, 0.05) is 23.4 Å². The fourth-order valence-electron chi connectivity index (χ4n) is 3.69. The van der Waals surface area contributed by atoms with Gasteiger partial charge in [-0.25, -0.2) is 15.0 Å². The van der Waals surface area contributed by atoms with Gasteiger partial charge in [0.05, 0.1) is 27.0 Å². The zero-order valence-corrected chi connectivity index (χ0v) is 22.2. The Morgan fingerprint density at radius 3 is 2.76 bits per heavy atom. The van der Waals surface area contributed by atoms with Gasteiger partial charge in [-0.05, 0) is 46.7 Å². The number of furan rings is 1. The van der Waals surface area contributed by atoms with Gasteiger partial charge in [0.25, 0.3) is 11.6 Å². The van der Waals surface area contributed by atoms with Gasteiger partial charge in [0.1, 0.15) is 11.5 Å². The highest BCUT2D eigenvalue weighted by molar-refractivity contribution is 8.00. The van der Waals surface area contributed by atoms with Gasteiger partial charge in [0.15, 0.2) is 10.0 Å². The number of hydrogen-bond acceptors (Lipinski definition) is 14. The standard InChI is InChI=1S/C24H16N10O5S2/c25-21-22(31-39-30-21)33-17(12-40-24-27-16-3-1-2-4-19(16)41-24)20(28-32-33)23(35)29-26-11-15-9-10-18(38-15)13-5-7-14(8-6-13)34(36)37/h1-11H,12H2,(H2,25,30)(H,29,35). The molecular formula is C24H16N10O5S2. The summed E-state index contributed by atoms with van der Waals surface area (Å²) < 4.78 is 13.5. The second-order valence-electron chi connectivity index (χ2n) is 8.21. The number of nitrogens with two attached hydrogens (primary N) is 1. The predicted molar refractivity (Wildman–Crippen MR) is 149 cm³/mol. The number of nitro benzene ring substituents is 1. The van der Waals surface area contributed by atoms with Crippen molar-refractivity contribution in [3.63, 3.8) is 0 Å². The molecule has 15 nitrogen and oxygen atoms in total. The van der Waals surface area contributed by atoms with E-state index in [9.17, 15) is 14.9 Å². The number of carbonyl (C=O) groups excluding carboxylic acids is 1. The predicted octanol–water partition coefficient (Wildman–Crippen LogP) is 4.07. The zero-order valence-electron chi connectivity index (χ0n) is 20.6. The average molecular weight is 589 g/mol. The molecule has 3 N–H and O–H groups in total. The van der Waals surface area contributed by atoms with Crippen molar-refractivity contribution in [1.82, 2.24) is 35.7 Å². The highest BCUT2D eigenvalue weighted by Gasteiger charge is 2.24. The van der Waals surface area contributed by atoms with Crippen LogP contribution in [0.4, 0.5) is 11.5 Å². The second kappa shape index (κ2) is 11.0. The van der Waals surface area contributed by atoms with Gasteiger partial charge < -0.3 is 10.2 Å². The van der Waals surface area contributed by atoms with E-state index in [4.69, 9.17) is 14.8 Å². The molecule has 1 amide bonds. The van der Waals surface area contributed by atoms with Crippen LogP contribution in [0.15, 0.2) is 79.2 Å². The number of anilines is 1. The maximum Gasteiger partial charge on any atom is 0.293 e. The van der Waals surface area contributed by atoms with E-state index in [2.05, 4.69) is 36.1 Å². The number of thiazole rings is 1. The minimum atomic E-state index is -0.635. The summed E-state index contributed by atoms with van der Waals surface area (Å²) in [5, 5.41) is 30.2. The first kappa shape index (κ1) is 25.8. The van der Waals surface area contributed by atoms with E-state index in [1.54, 1.807) is 24.3 Å². The SMILES string of the molecule is Nc1nonc1-n1nnc(C(=O)NN=Cc2ccc(-c3ccc([N+](=O)[O-])cc3)o2)c1CSc1nc2ccccc2s1. The number of benzene rings is 2. The maximum absolute atomic E-state index is 13.1. The van der Waals surface area contributed by atoms with Gasteiger partial charge in [-0.2, -0.15) is 9.78 Å². The summed E-state index contributed by atoms with van der Waals surface area (Å²) in [6, 6.07) is 17.0. The van der Waals surface area contributed by atoms with E-state index >= 15 is 0 Å². The number of carbonyl (C=O) groups is 1. The number of para-hydroxylation sites is 1. The highest BCUT2D eigenvalue weighted by atomic mass is 32.2. The van der Waals surface area contributed by atoms with E-state index < -0.39 is 10.8 Å². The van der Waals surface area contributed by atoms with Gasteiger partial charge >= 0.3 is 0 Å². The molecule has 4 aromatic heterocycles. The molecule has 0 unspecified atom stereocenters. The van der Waals surface area contributed by atoms with Crippen molar-refractivity contribution in [1.29, 1.82) is 0 Å². The Morgan fingerprint density at radius 1 is 1.17 bits per heavy atom. The van der Waals surface area contributed by atoms with E-state index in [1.165, 1.54) is 46.1 Å². The number of thioether (sulfide) groups is 1. The number of fused-ring (bicyclic) bond motifs is 1. The number of non-ortho nitro benzene ring substituents is 1. The Kier molecular flexibility index (Phi) is 6.92. The van der Waals surface area contributed by atoms with Crippen LogP contribution in [0.2, 0.25) is 0 Å². The van der Waals surface area contributed by atoms with Gasteiger partial charge in [-0.1, -0.05) is 29.1 Å². The van der Waals surface area contributed by atoms with Gasteiger partial charge in [-0.15, -0.1) is 16.4 Å². The molecule has 0 atom stereocenters. The number of hydrogen-bond donors (Lipinski definition) is 2. The van der Waals surface area contributed by atoms with Crippen LogP contribution in [0.25, 0.3) is 27.4 Å². The van der Waals surface area contributed by atoms with E-state index in [0.29, 0.717) is 22.8 Å². The van der Waals surface area contributed by atoms with Crippen LogP contribution in [0.5, 0.6) is 0 Å². The largest absolute Gasteiger partial charge is 0.455 e. The third-order valence-electron chi connectivity index (χ3n) is 5.63. The number of hydrazone groups is 1. The first-order valence-electron chi connectivity index (χ1n) is 11.7. The summed E-state index contributed by atoms with van der Waals surface area (Å²) in [6.45, 7) is 0. The number of rotatable bonds is 9. The van der Waals surface area contributed by atoms with Crippen LogP contribution in [0, 0.1) is 10.1 Å². The fourth-order valence-corrected chi connectivity index (χ4v) is 5.75. The molecule has 204 valence electrons. The van der Waals surface area contributed by atoms with Crippen LogP contribution in [-0.4, -0.2) is 47.3 Å². The summed E-state index contributed by atoms with van der Waals surface area (Å²) in [7, 11) is 0. The summed E-state index contributed by atoms with van der Waals surface area (Å²) in [4.78, 5) is 28.0. The quantitative estimate of drug-likeness (QED) is 0.106. The first-order valence-corrected chi connectivity index (χ1v) is 13.5. The molecule has 2 aromatic carbocycles. The Balaban J connectivity index is 1.19. The molecular weight excluding hydrogens is 572 g/mol. The van der Waals surface area contributed by atoms with Crippen molar-refractivity contribution >= 4 is 56.9 Å². The minimum absolute atomic E-state index is 0.0100. The number of nitrogens with one attached hydrogen (secondary N) is 1. The van der Waals surface area contributed by atoms with Crippen molar-refractivity contribution in [3.05, 3.63) is 87.9 Å². The van der Waals surface area contributed by atoms with Crippen molar-refractivity contribution in [3.8, 4) is 17.1 Å². The summed E-state index contributed by atoms with van der Waals surface area (Å²) in [5.41, 5.74) is 10.1. The number of nitrogen functional groups attached to an aromatic ring is 1. The molecule has 17 heteroatoms. The molecule has 0 fully saturated rings. The molecule has 0 aliphatic rings. The molecule has 0 saturated heterocycles. The van der Waals surface area contributed by atoms with Crippen LogP contribution in [0.3, 0.4) is 0 Å². The molecule has 0 aliphatic heterocycles. The lowest BCUT2D eigenvalue weighted by Gasteiger charge is -2.04. The van der Waals surface area contributed by atoms with E-state index in [-0.39, 0.29) is 28.8 Å². The number of nitro groups is 1. The Labute approximate surface area is 237 Å². The van der Waals surface area contributed by atoms with Crippen molar-refractivity contribution in [2.24, 2.45) is 5.10 Å². The Bertz CT molecular complexity index is 1870. The van der Waals surface area contributed by atoms with E-state index in [1.807, 2.05) is 24.3 Å². The lowest BCUT2D eigenvalue weighted by Crippen LogP contribution is -2.20. The number of aromatic nitrogens is 6. The molecule has 6 rings (SSSR count). The number of amides is 1. The maximum atomic E-state index is 13.1. The van der Waals surface area contributed by atoms with Crippen LogP contribution < -0.4 is 11.2 Å². The van der Waals surface area contributed by atoms with Crippen molar-refractivity contribution in [2.75, 3.05) is 5.73 Å².